The zero-order chi connectivity index (χ0) is 17.2. The molecule has 0 aromatic carbocycles. The molecule has 0 spiro atoms. The Kier molecular flexibility index (Phi) is 8.76. The number of allylic oxidation sites excluding steroid dienone is 3. The molecule has 6 heteroatoms. The number of amides is 1. The van der Waals surface area contributed by atoms with Crippen molar-refractivity contribution in [3.05, 3.63) is 23.8 Å². The summed E-state index contributed by atoms with van der Waals surface area (Å²) in [6, 6.07) is -1.06. The average Bonchev–Trinajstić information content (AvgIpc) is 2.52. The van der Waals surface area contributed by atoms with Crippen molar-refractivity contribution < 1.29 is 14.7 Å². The second-order valence-electron chi connectivity index (χ2n) is 6.37. The number of aldehydes is 1. The Labute approximate surface area is 138 Å². The summed E-state index contributed by atoms with van der Waals surface area (Å²) in [6.07, 6.45) is 8.86. The minimum absolute atomic E-state index is 0.0313. The summed E-state index contributed by atoms with van der Waals surface area (Å²) in [5.74, 6) is -0.0269. The maximum atomic E-state index is 12.1. The number of hydrogen-bond donors (Lipinski definition) is 4. The van der Waals surface area contributed by atoms with Gasteiger partial charge in [0.2, 0.25) is 5.91 Å². The Hall–Kier alpha value is -1.50. The van der Waals surface area contributed by atoms with Crippen LogP contribution < -0.4 is 16.4 Å². The van der Waals surface area contributed by atoms with Crippen molar-refractivity contribution in [2.24, 2.45) is 11.7 Å². The summed E-state index contributed by atoms with van der Waals surface area (Å²) in [4.78, 5) is 22.5. The molecule has 1 rings (SSSR count). The summed E-state index contributed by atoms with van der Waals surface area (Å²) in [5.41, 5.74) is 7.26. The molecule has 6 nitrogen and oxygen atoms in total. The number of aliphatic hydroxyl groups excluding tert-OH is 1. The summed E-state index contributed by atoms with van der Waals surface area (Å²) < 4.78 is 0. The molecule has 1 aliphatic carbocycles. The predicted octanol–water partition coefficient (Wildman–Crippen LogP) is 0.618. The number of hydrogen-bond acceptors (Lipinski definition) is 5. The first kappa shape index (κ1) is 19.5. The van der Waals surface area contributed by atoms with Crippen LogP contribution in [0.2, 0.25) is 0 Å². The Balaban J connectivity index is 2.57. The summed E-state index contributed by atoms with van der Waals surface area (Å²) in [5, 5.41) is 15.7. The highest BCUT2D eigenvalue weighted by Crippen LogP contribution is 2.17. The molecule has 1 amide bonds. The molecule has 0 aromatic heterocycles. The van der Waals surface area contributed by atoms with E-state index in [0.29, 0.717) is 19.1 Å². The van der Waals surface area contributed by atoms with Gasteiger partial charge in [0.05, 0.1) is 12.6 Å². The summed E-state index contributed by atoms with van der Waals surface area (Å²) in [6.45, 7) is 3.96. The summed E-state index contributed by atoms with van der Waals surface area (Å²) in [7, 11) is 0. The Morgan fingerprint density at radius 3 is 2.78 bits per heavy atom. The third-order valence-corrected chi connectivity index (χ3v) is 3.76. The predicted molar refractivity (Wildman–Crippen MR) is 90.5 cm³/mol. The molecule has 0 saturated heterocycles. The number of carbonyl (C=O) groups is 2. The van der Waals surface area contributed by atoms with Crippen molar-refractivity contribution in [1.29, 1.82) is 0 Å². The van der Waals surface area contributed by atoms with Gasteiger partial charge in [0.25, 0.3) is 0 Å². The lowest BCUT2D eigenvalue weighted by molar-refractivity contribution is -0.125. The number of nitrogens with one attached hydrogen (secondary N) is 2. The first-order valence-corrected chi connectivity index (χ1v) is 8.19. The first-order chi connectivity index (χ1) is 10.9. The van der Waals surface area contributed by atoms with E-state index in [1.165, 1.54) is 5.57 Å². The van der Waals surface area contributed by atoms with E-state index in [1.54, 1.807) is 0 Å². The van der Waals surface area contributed by atoms with Crippen LogP contribution in [0.4, 0.5) is 0 Å². The van der Waals surface area contributed by atoms with Crippen LogP contribution in [0.3, 0.4) is 0 Å². The van der Waals surface area contributed by atoms with Gasteiger partial charge < -0.3 is 21.0 Å². The van der Waals surface area contributed by atoms with Crippen LogP contribution in [0.1, 0.15) is 39.5 Å². The van der Waals surface area contributed by atoms with Crippen molar-refractivity contribution in [3.8, 4) is 0 Å². The molecule has 1 unspecified atom stereocenters. The van der Waals surface area contributed by atoms with Crippen LogP contribution in [-0.2, 0) is 9.59 Å². The molecular formula is C17H29N3O3. The molecular weight excluding hydrogens is 294 g/mol. The van der Waals surface area contributed by atoms with Gasteiger partial charge in [-0.1, -0.05) is 37.6 Å². The molecule has 0 heterocycles. The monoisotopic (exact) mass is 323 g/mol. The molecule has 1 aliphatic rings. The van der Waals surface area contributed by atoms with Gasteiger partial charge in [-0.25, -0.2) is 0 Å². The van der Waals surface area contributed by atoms with Gasteiger partial charge in [0, 0.05) is 6.04 Å². The Bertz CT molecular complexity index is 446. The van der Waals surface area contributed by atoms with Gasteiger partial charge in [-0.3, -0.25) is 10.1 Å². The van der Waals surface area contributed by atoms with Crippen LogP contribution >= 0.6 is 0 Å². The SMILES string of the molecule is CC(C)C[C@H](NC(O)[C@@H](N)CC1=CC=CCC1)C(=O)NCC=O. The fourth-order valence-electron chi connectivity index (χ4n) is 2.55. The maximum Gasteiger partial charge on any atom is 0.237 e. The van der Waals surface area contributed by atoms with Crippen molar-refractivity contribution in [3.63, 3.8) is 0 Å². The molecule has 130 valence electrons. The molecule has 3 atom stereocenters. The van der Waals surface area contributed by atoms with E-state index >= 15 is 0 Å². The van der Waals surface area contributed by atoms with E-state index in [9.17, 15) is 14.7 Å². The van der Waals surface area contributed by atoms with E-state index in [1.807, 2.05) is 26.0 Å². The first-order valence-electron chi connectivity index (χ1n) is 8.19. The highest BCUT2D eigenvalue weighted by atomic mass is 16.3. The molecule has 0 saturated carbocycles. The zero-order valence-corrected chi connectivity index (χ0v) is 14.0. The lowest BCUT2D eigenvalue weighted by atomic mass is 9.97. The molecule has 0 radical (unpaired) electrons. The molecule has 5 N–H and O–H groups in total. The Morgan fingerprint density at radius 2 is 2.22 bits per heavy atom. The van der Waals surface area contributed by atoms with Gasteiger partial charge in [-0.05, 0) is 31.6 Å². The van der Waals surface area contributed by atoms with E-state index in [4.69, 9.17) is 5.73 Å². The Morgan fingerprint density at radius 1 is 1.48 bits per heavy atom. The highest BCUT2D eigenvalue weighted by Gasteiger charge is 2.25. The van der Waals surface area contributed by atoms with E-state index < -0.39 is 18.3 Å². The average molecular weight is 323 g/mol. The van der Waals surface area contributed by atoms with Crippen LogP contribution in [0.5, 0.6) is 0 Å². The molecule has 0 aliphatic heterocycles. The largest absolute Gasteiger partial charge is 0.377 e. The van der Waals surface area contributed by atoms with E-state index in [0.717, 1.165) is 12.8 Å². The van der Waals surface area contributed by atoms with Crippen molar-refractivity contribution in [2.45, 2.75) is 57.8 Å². The van der Waals surface area contributed by atoms with Gasteiger partial charge in [-0.2, -0.15) is 0 Å². The molecule has 0 aromatic rings. The standard InChI is InChI=1S/C17H29N3O3/c1-12(2)10-15(17(23)19-8-9-21)20-16(22)14(18)11-13-6-4-3-5-7-13/h3-4,6,9,12,14-16,20,22H,5,7-8,10-11,18H2,1-2H3,(H,19,23)/t14-,15-,16?/m0/s1. The van der Waals surface area contributed by atoms with Crippen molar-refractivity contribution >= 4 is 12.2 Å². The number of aliphatic hydroxyl groups is 1. The minimum Gasteiger partial charge on any atom is -0.377 e. The number of nitrogens with two attached hydrogens (primary N) is 1. The minimum atomic E-state index is -0.979. The smallest absolute Gasteiger partial charge is 0.237 e. The fourth-order valence-corrected chi connectivity index (χ4v) is 2.55. The molecule has 0 bridgehead atoms. The zero-order valence-electron chi connectivity index (χ0n) is 14.0. The normalized spacial score (nSPS) is 18.2. The highest BCUT2D eigenvalue weighted by molar-refractivity contribution is 5.83. The van der Waals surface area contributed by atoms with Crippen LogP contribution in [0, 0.1) is 5.92 Å². The van der Waals surface area contributed by atoms with E-state index in [-0.39, 0.29) is 18.4 Å². The second kappa shape index (κ2) is 10.3. The van der Waals surface area contributed by atoms with Gasteiger partial charge in [-0.15, -0.1) is 0 Å². The molecule has 23 heavy (non-hydrogen) atoms. The van der Waals surface area contributed by atoms with Crippen molar-refractivity contribution in [1.82, 2.24) is 10.6 Å². The van der Waals surface area contributed by atoms with Gasteiger partial charge in [0.15, 0.2) is 0 Å². The summed E-state index contributed by atoms with van der Waals surface area (Å²) >= 11 is 0. The third kappa shape index (κ3) is 7.54. The van der Waals surface area contributed by atoms with Crippen molar-refractivity contribution in [2.75, 3.05) is 6.54 Å². The fraction of sp³-hybridized carbons (Fsp3) is 0.647. The van der Waals surface area contributed by atoms with Crippen LogP contribution in [0.15, 0.2) is 23.8 Å². The second-order valence-corrected chi connectivity index (χ2v) is 6.37. The number of rotatable bonds is 10. The van der Waals surface area contributed by atoms with E-state index in [2.05, 4.69) is 16.7 Å². The third-order valence-electron chi connectivity index (χ3n) is 3.76. The topological polar surface area (TPSA) is 104 Å². The lowest BCUT2D eigenvalue weighted by Gasteiger charge is -2.27. The van der Waals surface area contributed by atoms with Gasteiger partial charge in [0.1, 0.15) is 12.5 Å². The van der Waals surface area contributed by atoms with Gasteiger partial charge >= 0.3 is 0 Å². The van der Waals surface area contributed by atoms with Crippen LogP contribution in [-0.4, -0.2) is 42.2 Å². The maximum absolute atomic E-state index is 12.1. The quantitative estimate of drug-likeness (QED) is 0.348. The lowest BCUT2D eigenvalue weighted by Crippen LogP contribution is -2.54. The van der Waals surface area contributed by atoms with Crippen LogP contribution in [0.25, 0.3) is 0 Å². The molecule has 0 fully saturated rings. The number of carbonyl (C=O) groups excluding carboxylic acids is 2.